The average molecular weight is 358 g/mol. The Morgan fingerprint density at radius 2 is 2.12 bits per heavy atom. The van der Waals surface area contributed by atoms with Crippen molar-refractivity contribution in [3.05, 3.63) is 55.9 Å². The molecular weight excluding hydrogens is 350 g/mol. The van der Waals surface area contributed by atoms with Gasteiger partial charge in [0, 0.05) is 12.3 Å². The number of imidazole rings is 1. The van der Waals surface area contributed by atoms with Crippen LogP contribution in [0.4, 0.5) is 0 Å². The first-order valence-corrected chi connectivity index (χ1v) is 8.27. The van der Waals surface area contributed by atoms with Crippen LogP contribution in [0.15, 0.2) is 35.3 Å². The molecule has 1 aliphatic heterocycles. The second kappa shape index (κ2) is 4.93. The third-order valence-electron chi connectivity index (χ3n) is 3.78. The van der Waals surface area contributed by atoms with Gasteiger partial charge in [-0.3, -0.25) is 4.79 Å². The largest absolute Gasteiger partial charge is 0.454 e. The van der Waals surface area contributed by atoms with Crippen LogP contribution in [-0.4, -0.2) is 21.2 Å². The highest BCUT2D eigenvalue weighted by Gasteiger charge is 2.17. The molecule has 0 amide bonds. The van der Waals surface area contributed by atoms with E-state index < -0.39 is 0 Å². The van der Waals surface area contributed by atoms with Gasteiger partial charge < -0.3 is 9.47 Å². The van der Waals surface area contributed by atoms with Crippen LogP contribution in [0.5, 0.6) is 11.5 Å². The lowest BCUT2D eigenvalue weighted by atomic mass is 10.2. The smallest absolute Gasteiger partial charge is 0.276 e. The summed E-state index contributed by atoms with van der Waals surface area (Å²) in [5.74, 6) is 1.22. The molecule has 0 atom stereocenters. The summed E-state index contributed by atoms with van der Waals surface area (Å²) in [4.78, 5) is 22.0. The highest BCUT2D eigenvalue weighted by Crippen LogP contribution is 2.37. The predicted molar refractivity (Wildman–Crippen MR) is 91.0 cm³/mol. The Balaban J connectivity index is 1.76. The van der Waals surface area contributed by atoms with E-state index in [9.17, 15) is 4.79 Å². The number of ether oxygens (including phenoxy) is 2. The molecule has 0 bridgehead atoms. The molecule has 24 heavy (non-hydrogen) atoms. The van der Waals surface area contributed by atoms with Crippen molar-refractivity contribution in [1.29, 1.82) is 0 Å². The minimum absolute atomic E-state index is 0.162. The Morgan fingerprint density at radius 3 is 3.00 bits per heavy atom. The Bertz CT molecular complexity index is 1230. The van der Waals surface area contributed by atoms with Gasteiger partial charge in [-0.25, -0.2) is 14.4 Å². The number of rotatable bonds is 1. The lowest BCUT2D eigenvalue weighted by molar-refractivity contribution is 0.174. The summed E-state index contributed by atoms with van der Waals surface area (Å²) in [6.45, 7) is 0.173. The fourth-order valence-electron chi connectivity index (χ4n) is 2.67. The van der Waals surface area contributed by atoms with Crippen LogP contribution in [0.3, 0.4) is 0 Å². The molecule has 0 radical (unpaired) electrons. The highest BCUT2D eigenvalue weighted by molar-refractivity contribution is 7.15. The van der Waals surface area contributed by atoms with Crippen LogP contribution in [0.2, 0.25) is 5.02 Å². The maximum atomic E-state index is 12.7. The number of hydrogen-bond acceptors (Lipinski definition) is 6. The van der Waals surface area contributed by atoms with Crippen LogP contribution in [0, 0.1) is 0 Å². The topological polar surface area (TPSA) is 65.7 Å². The predicted octanol–water partition coefficient (Wildman–Crippen LogP) is 2.23. The van der Waals surface area contributed by atoms with E-state index in [0.29, 0.717) is 42.7 Å². The lowest BCUT2D eigenvalue weighted by Gasteiger charge is -2.00. The first-order valence-electron chi connectivity index (χ1n) is 7.07. The van der Waals surface area contributed by atoms with Gasteiger partial charge in [-0.05, 0) is 29.8 Å². The number of nitrogens with zero attached hydrogens (tertiary/aromatic N) is 3. The molecule has 0 unspecified atom stereocenters. The molecule has 0 saturated heterocycles. The van der Waals surface area contributed by atoms with E-state index in [1.165, 1.54) is 15.7 Å². The van der Waals surface area contributed by atoms with E-state index >= 15 is 0 Å². The van der Waals surface area contributed by atoms with Crippen molar-refractivity contribution in [2.45, 2.75) is 0 Å². The summed E-state index contributed by atoms with van der Waals surface area (Å²) >= 11 is 7.58. The second-order valence-corrected chi connectivity index (χ2v) is 6.64. The molecule has 118 valence electrons. The number of aromatic nitrogens is 3. The van der Waals surface area contributed by atoms with E-state index in [1.807, 2.05) is 6.07 Å². The van der Waals surface area contributed by atoms with E-state index in [-0.39, 0.29) is 12.4 Å². The van der Waals surface area contributed by atoms with Gasteiger partial charge >= 0.3 is 0 Å². The number of fused-ring (bicyclic) bond motifs is 4. The molecule has 8 heteroatoms. The number of pyridine rings is 1. The quantitative estimate of drug-likeness (QED) is 0.522. The minimum atomic E-state index is -0.162. The van der Waals surface area contributed by atoms with Gasteiger partial charge in [0.25, 0.3) is 5.56 Å². The molecule has 1 aromatic carbocycles. The van der Waals surface area contributed by atoms with Gasteiger partial charge in [0.1, 0.15) is 5.52 Å². The van der Waals surface area contributed by atoms with E-state index in [2.05, 4.69) is 9.97 Å². The molecule has 0 aliphatic carbocycles. The molecule has 6 nitrogen and oxygen atoms in total. The number of thiazole rings is 1. The van der Waals surface area contributed by atoms with Crippen LogP contribution < -0.4 is 19.6 Å². The van der Waals surface area contributed by atoms with E-state index in [0.717, 1.165) is 0 Å². The molecule has 1 aliphatic rings. The van der Waals surface area contributed by atoms with Gasteiger partial charge in [-0.15, -0.1) is 0 Å². The van der Waals surface area contributed by atoms with Crippen molar-refractivity contribution in [1.82, 2.24) is 14.4 Å². The third kappa shape index (κ3) is 1.92. The van der Waals surface area contributed by atoms with Crippen LogP contribution >= 0.6 is 22.9 Å². The first-order chi connectivity index (χ1) is 11.7. The zero-order valence-electron chi connectivity index (χ0n) is 12.0. The zero-order valence-corrected chi connectivity index (χ0v) is 13.6. The number of benzene rings is 1. The van der Waals surface area contributed by atoms with Crippen molar-refractivity contribution in [2.24, 2.45) is 0 Å². The minimum Gasteiger partial charge on any atom is -0.454 e. The number of halogens is 1. The van der Waals surface area contributed by atoms with Crippen molar-refractivity contribution in [3.63, 3.8) is 0 Å². The Morgan fingerprint density at radius 1 is 1.29 bits per heavy atom. The third-order valence-corrected chi connectivity index (χ3v) is 5.08. The Labute approximate surface area is 143 Å². The summed E-state index contributed by atoms with van der Waals surface area (Å²) in [5, 5.41) is 0.493. The summed E-state index contributed by atoms with van der Waals surface area (Å²) in [6.07, 6.45) is 3.38. The zero-order chi connectivity index (χ0) is 16.3. The van der Waals surface area contributed by atoms with Gasteiger partial charge in [0.2, 0.25) is 6.79 Å². The molecule has 0 spiro atoms. The lowest BCUT2D eigenvalue weighted by Crippen LogP contribution is -2.23. The monoisotopic (exact) mass is 357 g/mol. The van der Waals surface area contributed by atoms with Gasteiger partial charge in [0.05, 0.1) is 9.55 Å². The highest BCUT2D eigenvalue weighted by atomic mass is 35.5. The normalized spacial score (nSPS) is 14.1. The molecule has 0 saturated carbocycles. The van der Waals surface area contributed by atoms with Gasteiger partial charge in [-0.1, -0.05) is 22.9 Å². The Hall–Kier alpha value is -2.64. The summed E-state index contributed by atoms with van der Waals surface area (Å²) < 4.78 is 12.7. The van der Waals surface area contributed by atoms with E-state index in [4.69, 9.17) is 21.1 Å². The van der Waals surface area contributed by atoms with Crippen molar-refractivity contribution < 1.29 is 9.47 Å². The van der Waals surface area contributed by atoms with Crippen molar-refractivity contribution in [2.75, 3.05) is 6.79 Å². The molecule has 5 rings (SSSR count). The van der Waals surface area contributed by atoms with Gasteiger partial charge in [0.15, 0.2) is 22.1 Å². The SMILES string of the molecule is O=c1/c(=C/c2cc3c(cc2Cl)OCO3)sc2nc3cccnc3n12. The van der Waals surface area contributed by atoms with Crippen LogP contribution in [0.1, 0.15) is 5.56 Å². The Kier molecular flexibility index (Phi) is 2.83. The van der Waals surface area contributed by atoms with Crippen molar-refractivity contribution >= 4 is 45.1 Å². The van der Waals surface area contributed by atoms with Crippen LogP contribution in [0.25, 0.3) is 22.2 Å². The standard InChI is InChI=1S/C16H8ClN3O3S/c17-9-6-12-11(22-7-23-12)4-8(9)5-13-15(21)20-14-10(2-1-3-18-14)19-16(20)24-13/h1-6H,7H2/b13-5-. The molecular formula is C16H8ClN3O3S. The number of hydrogen-bond donors (Lipinski definition) is 0. The second-order valence-electron chi connectivity index (χ2n) is 5.22. The summed E-state index contributed by atoms with van der Waals surface area (Å²) in [7, 11) is 0. The molecule has 4 heterocycles. The molecule has 3 aromatic heterocycles. The van der Waals surface area contributed by atoms with E-state index in [1.54, 1.807) is 30.5 Å². The fourth-order valence-corrected chi connectivity index (χ4v) is 3.85. The average Bonchev–Trinajstić information content (AvgIpc) is 3.23. The fraction of sp³-hybridized carbons (Fsp3) is 0.0625. The maximum absolute atomic E-state index is 12.7. The van der Waals surface area contributed by atoms with Gasteiger partial charge in [-0.2, -0.15) is 0 Å². The van der Waals surface area contributed by atoms with Crippen molar-refractivity contribution in [3.8, 4) is 11.5 Å². The summed E-state index contributed by atoms with van der Waals surface area (Å²) in [6, 6.07) is 7.09. The van der Waals surface area contributed by atoms with Crippen LogP contribution in [-0.2, 0) is 0 Å². The summed E-state index contributed by atoms with van der Waals surface area (Å²) in [5.41, 5.74) is 1.79. The first kappa shape index (κ1) is 13.8. The molecule has 4 aromatic rings. The molecule has 0 fully saturated rings. The maximum Gasteiger partial charge on any atom is 0.276 e. The molecule has 0 N–H and O–H groups in total.